The fourth-order valence-corrected chi connectivity index (χ4v) is 7.20. The fourth-order valence-electron chi connectivity index (χ4n) is 7.04. The van der Waals surface area contributed by atoms with Gasteiger partial charge in [-0.1, -0.05) is 67.8 Å². The topological polar surface area (TPSA) is 59.6 Å². The number of benzene rings is 2. The third kappa shape index (κ3) is 6.64. The molecule has 3 aliphatic rings. The highest BCUT2D eigenvalue weighted by atomic mass is 32.1. The smallest absolute Gasteiger partial charge is 0.232 e. The predicted molar refractivity (Wildman–Crippen MR) is 179 cm³/mol. The zero-order valence-electron chi connectivity index (χ0n) is 25.0. The van der Waals surface area contributed by atoms with E-state index >= 15 is 0 Å². The molecule has 1 saturated carbocycles. The minimum absolute atomic E-state index is 0.112. The molecule has 3 aromatic rings. The van der Waals surface area contributed by atoms with Gasteiger partial charge in [0, 0.05) is 62.5 Å². The number of thiocarbonyl (C=S) groups is 1. The Morgan fingerprint density at radius 1 is 0.810 bits per heavy atom. The molecular weight excluding hydrogens is 538 g/mol. The molecule has 1 aliphatic carbocycles. The van der Waals surface area contributed by atoms with Crippen LogP contribution in [-0.4, -0.2) is 60.4 Å². The second-order valence-corrected chi connectivity index (χ2v) is 12.7. The van der Waals surface area contributed by atoms with Crippen LogP contribution in [0.3, 0.4) is 0 Å². The number of rotatable bonds is 7. The number of hydrogen-bond acceptors (Lipinski definition) is 6. The molecule has 3 fully saturated rings. The van der Waals surface area contributed by atoms with Crippen LogP contribution in [0.25, 0.3) is 0 Å². The number of para-hydroxylation sites is 1. The van der Waals surface area contributed by atoms with E-state index in [0.29, 0.717) is 17.1 Å². The molecular formula is C34H45N7S. The lowest BCUT2D eigenvalue weighted by Crippen LogP contribution is -2.47. The molecule has 2 aromatic carbocycles. The van der Waals surface area contributed by atoms with Gasteiger partial charge in [0.25, 0.3) is 0 Å². The summed E-state index contributed by atoms with van der Waals surface area (Å²) in [5, 5.41) is 7.57. The third-order valence-electron chi connectivity index (χ3n) is 9.53. The fraction of sp³-hybridized carbons (Fsp3) is 0.500. The zero-order chi connectivity index (χ0) is 28.8. The lowest BCUT2D eigenvalue weighted by Gasteiger charge is -2.39. The Hall–Kier alpha value is -3.39. The maximum absolute atomic E-state index is 5.86. The van der Waals surface area contributed by atoms with Gasteiger partial charge >= 0.3 is 0 Å². The van der Waals surface area contributed by atoms with E-state index < -0.39 is 0 Å². The Labute approximate surface area is 256 Å². The molecule has 1 unspecified atom stereocenters. The van der Waals surface area contributed by atoms with E-state index in [1.807, 2.05) is 0 Å². The van der Waals surface area contributed by atoms with Crippen molar-refractivity contribution in [1.82, 2.24) is 15.3 Å². The second-order valence-electron chi connectivity index (χ2n) is 12.3. The third-order valence-corrected chi connectivity index (χ3v) is 9.78. The lowest BCUT2D eigenvalue weighted by atomic mass is 9.69. The van der Waals surface area contributed by atoms with Gasteiger partial charge in [-0.25, -0.2) is 0 Å². The van der Waals surface area contributed by atoms with Gasteiger partial charge in [0.15, 0.2) is 5.11 Å². The Balaban J connectivity index is 1.18. The minimum atomic E-state index is 0.112. The highest BCUT2D eigenvalue weighted by Crippen LogP contribution is 2.39. The van der Waals surface area contributed by atoms with Gasteiger partial charge in [0.2, 0.25) is 5.95 Å². The number of nitrogens with one attached hydrogen (secondary N) is 2. The summed E-state index contributed by atoms with van der Waals surface area (Å²) in [5.41, 5.74) is 2.81. The molecule has 1 aromatic heterocycles. The summed E-state index contributed by atoms with van der Waals surface area (Å²) in [7, 11) is 0. The van der Waals surface area contributed by atoms with Crippen LogP contribution in [0, 0.1) is 0 Å². The molecule has 3 heterocycles. The molecule has 2 aliphatic heterocycles. The molecule has 222 valence electrons. The van der Waals surface area contributed by atoms with E-state index in [9.17, 15) is 0 Å². The molecule has 0 spiro atoms. The van der Waals surface area contributed by atoms with E-state index in [1.54, 1.807) is 0 Å². The van der Waals surface area contributed by atoms with Gasteiger partial charge in [-0.05, 0) is 68.9 Å². The van der Waals surface area contributed by atoms with Crippen molar-refractivity contribution in [2.45, 2.75) is 69.7 Å². The monoisotopic (exact) mass is 583 g/mol. The van der Waals surface area contributed by atoms with Gasteiger partial charge in [0.05, 0.1) is 0 Å². The molecule has 0 radical (unpaired) electrons. The first-order valence-electron chi connectivity index (χ1n) is 15.9. The molecule has 7 nitrogen and oxygen atoms in total. The highest BCUT2D eigenvalue weighted by Gasteiger charge is 2.34. The first-order chi connectivity index (χ1) is 20.6. The molecule has 2 N–H and O–H groups in total. The Morgan fingerprint density at radius 3 is 2.19 bits per heavy atom. The summed E-state index contributed by atoms with van der Waals surface area (Å²) < 4.78 is 0. The van der Waals surface area contributed by atoms with E-state index in [0.717, 1.165) is 50.9 Å². The van der Waals surface area contributed by atoms with Crippen molar-refractivity contribution in [3.63, 3.8) is 0 Å². The predicted octanol–water partition coefficient (Wildman–Crippen LogP) is 6.37. The quantitative estimate of drug-likeness (QED) is 0.311. The van der Waals surface area contributed by atoms with Crippen molar-refractivity contribution in [3.8, 4) is 0 Å². The number of nitrogens with zero attached hydrogens (tertiary/aromatic N) is 5. The van der Waals surface area contributed by atoms with Crippen molar-refractivity contribution in [1.29, 1.82) is 0 Å². The van der Waals surface area contributed by atoms with Crippen LogP contribution in [0.5, 0.6) is 0 Å². The van der Waals surface area contributed by atoms with Crippen molar-refractivity contribution in [2.75, 3.05) is 59.3 Å². The summed E-state index contributed by atoms with van der Waals surface area (Å²) in [5.74, 6) is 2.56. The summed E-state index contributed by atoms with van der Waals surface area (Å²) in [6.07, 6.45) is 9.88. The standard InChI is InChI=1S/C34H45N7S/c1-27-13-9-12-20-41(27)31-25-30(40-23-21-39(22-24-40)29-16-7-3-8-17-29)36-32(37-31)38-33(42)35-26-34(18-10-4-11-19-34)28-14-5-2-6-15-28/h2-3,5-8,14-17,25,27H,4,9-13,18-24,26H2,1H3,(H2,35,36,37,38,42). The van der Waals surface area contributed by atoms with E-state index in [-0.39, 0.29) is 5.41 Å². The SMILES string of the molecule is CC1CCCCN1c1cc(N2CCN(c3ccccc3)CC2)nc(NC(=S)NCC2(c3ccccc3)CCCCC2)n1. The number of hydrogen-bond donors (Lipinski definition) is 2. The average Bonchev–Trinajstić information content (AvgIpc) is 3.05. The lowest BCUT2D eigenvalue weighted by molar-refractivity contribution is 0.292. The average molecular weight is 584 g/mol. The van der Waals surface area contributed by atoms with Gasteiger partial charge in [-0.2, -0.15) is 9.97 Å². The van der Waals surface area contributed by atoms with Gasteiger partial charge in [-0.15, -0.1) is 0 Å². The number of piperazine rings is 1. The van der Waals surface area contributed by atoms with Crippen molar-refractivity contribution < 1.29 is 0 Å². The molecule has 2 saturated heterocycles. The van der Waals surface area contributed by atoms with Crippen LogP contribution in [0.15, 0.2) is 66.7 Å². The van der Waals surface area contributed by atoms with Gasteiger partial charge in [-0.3, -0.25) is 0 Å². The molecule has 1 atom stereocenters. The van der Waals surface area contributed by atoms with Crippen molar-refractivity contribution in [2.24, 2.45) is 0 Å². The number of anilines is 4. The first kappa shape index (κ1) is 28.7. The van der Waals surface area contributed by atoms with Crippen LogP contribution in [-0.2, 0) is 5.41 Å². The minimum Gasteiger partial charge on any atom is -0.368 e. The molecule has 0 amide bonds. The van der Waals surface area contributed by atoms with Crippen LogP contribution in [0.4, 0.5) is 23.3 Å². The normalized spacial score (nSPS) is 20.7. The summed E-state index contributed by atoms with van der Waals surface area (Å²) in [6.45, 7) is 7.93. The number of piperidine rings is 1. The van der Waals surface area contributed by atoms with Crippen LogP contribution >= 0.6 is 12.2 Å². The summed E-state index contributed by atoms with van der Waals surface area (Å²) in [4.78, 5) is 17.3. The first-order valence-corrected chi connectivity index (χ1v) is 16.3. The molecule has 6 rings (SSSR count). The zero-order valence-corrected chi connectivity index (χ0v) is 25.8. The Kier molecular flexibility index (Phi) is 9.08. The second kappa shape index (κ2) is 13.3. The summed E-state index contributed by atoms with van der Waals surface area (Å²) in [6, 6.07) is 24.3. The van der Waals surface area contributed by atoms with Gasteiger partial charge in [0.1, 0.15) is 11.6 Å². The maximum Gasteiger partial charge on any atom is 0.232 e. The Morgan fingerprint density at radius 2 is 1.48 bits per heavy atom. The van der Waals surface area contributed by atoms with E-state index in [2.05, 4.69) is 99.0 Å². The van der Waals surface area contributed by atoms with E-state index in [4.69, 9.17) is 22.2 Å². The van der Waals surface area contributed by atoms with Gasteiger partial charge < -0.3 is 25.3 Å². The van der Waals surface area contributed by atoms with Crippen LogP contribution < -0.4 is 25.3 Å². The van der Waals surface area contributed by atoms with E-state index in [1.165, 1.54) is 62.6 Å². The number of aromatic nitrogens is 2. The Bertz CT molecular complexity index is 1300. The van der Waals surface area contributed by atoms with Crippen molar-refractivity contribution >= 4 is 40.6 Å². The summed E-state index contributed by atoms with van der Waals surface area (Å²) >= 11 is 5.86. The highest BCUT2D eigenvalue weighted by molar-refractivity contribution is 7.80. The molecule has 8 heteroatoms. The molecule has 42 heavy (non-hydrogen) atoms. The molecule has 0 bridgehead atoms. The van der Waals surface area contributed by atoms with Crippen molar-refractivity contribution in [3.05, 3.63) is 72.3 Å². The maximum atomic E-state index is 5.86. The largest absolute Gasteiger partial charge is 0.368 e. The van der Waals surface area contributed by atoms with Crippen LogP contribution in [0.1, 0.15) is 63.9 Å². The van der Waals surface area contributed by atoms with Crippen LogP contribution in [0.2, 0.25) is 0 Å².